The zero-order chi connectivity index (χ0) is 20.8. The highest BCUT2D eigenvalue weighted by Crippen LogP contribution is 2.27. The van der Waals surface area contributed by atoms with Gasteiger partial charge in [0, 0.05) is 34.8 Å². The SMILES string of the molecule is [3HH].[C-]#[N+]c1ccc2c(=O)n(CCCOP)nc(NCc3ccc(OC)c(Cl)c3)c2c1. The minimum Gasteiger partial charge on any atom is -0.495 e. The Labute approximate surface area is 177 Å². The van der Waals surface area contributed by atoms with Crippen LogP contribution in [0.25, 0.3) is 15.6 Å². The van der Waals surface area contributed by atoms with Gasteiger partial charge in [0.15, 0.2) is 11.5 Å². The first-order valence-corrected chi connectivity index (χ1v) is 9.72. The molecule has 0 fully saturated rings. The second-order valence-corrected chi connectivity index (χ2v) is 7.01. The summed E-state index contributed by atoms with van der Waals surface area (Å²) < 4.78 is 11.6. The minimum atomic E-state index is -0.196. The molecule has 0 radical (unpaired) electrons. The molecule has 0 bridgehead atoms. The topological polar surface area (TPSA) is 69.7 Å². The van der Waals surface area contributed by atoms with Crippen molar-refractivity contribution in [2.75, 3.05) is 19.0 Å². The molecule has 2 aromatic carbocycles. The van der Waals surface area contributed by atoms with Gasteiger partial charge in [-0.1, -0.05) is 29.8 Å². The summed E-state index contributed by atoms with van der Waals surface area (Å²) in [6.45, 7) is 8.63. The number of hydrogen-bond acceptors (Lipinski definition) is 5. The molecule has 0 aliphatic carbocycles. The van der Waals surface area contributed by atoms with Gasteiger partial charge in [0.1, 0.15) is 5.75 Å². The van der Waals surface area contributed by atoms with Gasteiger partial charge in [-0.25, -0.2) is 9.53 Å². The first kappa shape index (κ1) is 21.1. The number of methoxy groups -OCH3 is 1. The van der Waals surface area contributed by atoms with Crippen LogP contribution in [0.3, 0.4) is 0 Å². The van der Waals surface area contributed by atoms with Crippen LogP contribution in [-0.4, -0.2) is 23.5 Å². The van der Waals surface area contributed by atoms with Gasteiger partial charge in [-0.2, -0.15) is 5.10 Å². The number of halogens is 1. The van der Waals surface area contributed by atoms with E-state index in [2.05, 4.69) is 24.7 Å². The van der Waals surface area contributed by atoms with Crippen LogP contribution in [0, 0.1) is 6.57 Å². The molecule has 9 heteroatoms. The standard InChI is InChI=1S/C20H20ClN4O3P.H2/c1-22-14-5-6-15-16(11-14)19(24-25(20(15)26)8-3-9-28-29)23-12-13-4-7-18(27-2)17(21)10-13;/h4-7,10-11H,3,8-9,12,29H2,2H3,(H,23,24);1H/i;1+2. The van der Waals surface area contributed by atoms with Crippen LogP contribution in [0.15, 0.2) is 41.2 Å². The third-order valence-electron chi connectivity index (χ3n) is 4.38. The van der Waals surface area contributed by atoms with E-state index < -0.39 is 0 Å². The summed E-state index contributed by atoms with van der Waals surface area (Å²) in [6.07, 6.45) is 0.648. The molecule has 0 saturated heterocycles. The molecule has 0 amide bonds. The van der Waals surface area contributed by atoms with Crippen LogP contribution in [0.2, 0.25) is 5.02 Å². The Kier molecular flexibility index (Phi) is 7.05. The average Bonchev–Trinajstić information content (AvgIpc) is 2.74. The predicted octanol–water partition coefficient (Wildman–Crippen LogP) is 4.66. The molecule has 1 N–H and O–H groups in total. The summed E-state index contributed by atoms with van der Waals surface area (Å²) in [5, 5.41) is 9.40. The first-order valence-electron chi connectivity index (χ1n) is 8.87. The number of aryl methyl sites for hydroxylation is 1. The summed E-state index contributed by atoms with van der Waals surface area (Å²) in [5.74, 6) is 1.13. The van der Waals surface area contributed by atoms with Crippen molar-refractivity contribution in [1.29, 1.82) is 0 Å². The second kappa shape index (κ2) is 9.71. The zero-order valence-electron chi connectivity index (χ0n) is 15.8. The predicted molar refractivity (Wildman–Crippen MR) is 120 cm³/mol. The lowest BCUT2D eigenvalue weighted by Gasteiger charge is -2.13. The number of aromatic nitrogens is 2. The fourth-order valence-electron chi connectivity index (χ4n) is 2.93. The molecular formula is C20H22ClN4O3P. The maximum absolute atomic E-state index is 12.8. The highest BCUT2D eigenvalue weighted by atomic mass is 35.5. The fourth-order valence-corrected chi connectivity index (χ4v) is 3.38. The quantitative estimate of drug-likeness (QED) is 0.317. The van der Waals surface area contributed by atoms with Crippen LogP contribution in [0.5, 0.6) is 5.75 Å². The van der Waals surface area contributed by atoms with E-state index >= 15 is 0 Å². The van der Waals surface area contributed by atoms with Crippen molar-refractivity contribution in [3.8, 4) is 5.75 Å². The molecule has 1 heterocycles. The van der Waals surface area contributed by atoms with Crippen molar-refractivity contribution < 1.29 is 10.7 Å². The van der Waals surface area contributed by atoms with Gasteiger partial charge in [-0.05, 0) is 30.2 Å². The average molecular weight is 435 g/mol. The van der Waals surface area contributed by atoms with Crippen molar-refractivity contribution in [2.45, 2.75) is 19.5 Å². The molecule has 1 unspecified atom stereocenters. The van der Waals surface area contributed by atoms with Crippen LogP contribution in [0.1, 0.15) is 13.4 Å². The maximum Gasteiger partial charge on any atom is 0.274 e. The van der Waals surface area contributed by atoms with E-state index in [1.54, 1.807) is 31.4 Å². The van der Waals surface area contributed by atoms with E-state index in [1.165, 1.54) is 4.68 Å². The third-order valence-corrected chi connectivity index (χ3v) is 4.91. The van der Waals surface area contributed by atoms with Gasteiger partial charge < -0.3 is 14.6 Å². The lowest BCUT2D eigenvalue weighted by molar-refractivity contribution is 0.342. The van der Waals surface area contributed by atoms with E-state index in [0.717, 1.165) is 5.56 Å². The van der Waals surface area contributed by atoms with Crippen molar-refractivity contribution in [3.63, 3.8) is 0 Å². The molecule has 3 aromatic rings. The molecule has 0 aliphatic heterocycles. The summed E-state index contributed by atoms with van der Waals surface area (Å²) >= 11 is 6.20. The molecule has 1 atom stereocenters. The maximum atomic E-state index is 12.8. The smallest absolute Gasteiger partial charge is 0.274 e. The summed E-state index contributed by atoms with van der Waals surface area (Å²) in [5.41, 5.74) is 1.18. The number of nitrogens with zero attached hydrogens (tertiary/aromatic N) is 3. The van der Waals surface area contributed by atoms with E-state index in [9.17, 15) is 4.79 Å². The Morgan fingerprint density at radius 2 is 2.14 bits per heavy atom. The Morgan fingerprint density at radius 1 is 1.31 bits per heavy atom. The van der Waals surface area contributed by atoms with Crippen LogP contribution < -0.4 is 15.6 Å². The Bertz CT molecular complexity index is 1130. The normalized spacial score (nSPS) is 10.7. The van der Waals surface area contributed by atoms with Gasteiger partial charge in [0.2, 0.25) is 0 Å². The molecule has 152 valence electrons. The Morgan fingerprint density at radius 3 is 2.83 bits per heavy atom. The molecule has 0 spiro atoms. The lowest BCUT2D eigenvalue weighted by atomic mass is 10.1. The fraction of sp³-hybridized carbons (Fsp3) is 0.250. The minimum absolute atomic E-state index is 0. The number of fused-ring (bicyclic) bond motifs is 1. The van der Waals surface area contributed by atoms with E-state index in [4.69, 9.17) is 27.4 Å². The van der Waals surface area contributed by atoms with Gasteiger partial charge >= 0.3 is 0 Å². The molecule has 3 rings (SSSR count). The molecule has 0 aliphatic rings. The highest BCUT2D eigenvalue weighted by molar-refractivity contribution is 7.09. The van der Waals surface area contributed by atoms with Gasteiger partial charge in [0.05, 0.1) is 25.3 Å². The summed E-state index contributed by atoms with van der Waals surface area (Å²) in [4.78, 5) is 16.2. The van der Waals surface area contributed by atoms with E-state index in [-0.39, 0.29) is 6.99 Å². The molecule has 0 saturated carbocycles. The van der Waals surface area contributed by atoms with Crippen LogP contribution in [0.4, 0.5) is 11.5 Å². The van der Waals surface area contributed by atoms with Crippen LogP contribution in [-0.2, 0) is 17.6 Å². The molecule has 29 heavy (non-hydrogen) atoms. The van der Waals surface area contributed by atoms with Crippen LogP contribution >= 0.6 is 21.1 Å². The van der Waals surface area contributed by atoms with Crippen molar-refractivity contribution in [3.05, 3.63) is 68.8 Å². The second-order valence-electron chi connectivity index (χ2n) is 6.27. The van der Waals surface area contributed by atoms with Crippen molar-refractivity contribution >= 4 is 43.3 Å². The largest absolute Gasteiger partial charge is 0.495 e. The van der Waals surface area contributed by atoms with E-state index in [0.29, 0.717) is 59.2 Å². The number of hydrogen-bond donors (Lipinski definition) is 1. The number of rotatable bonds is 8. The number of benzene rings is 2. The summed E-state index contributed by atoms with van der Waals surface area (Å²) in [7, 11) is 3.76. The highest BCUT2D eigenvalue weighted by Gasteiger charge is 2.12. The molecule has 1 aromatic heterocycles. The zero-order valence-corrected chi connectivity index (χ0v) is 17.7. The lowest BCUT2D eigenvalue weighted by Crippen LogP contribution is -2.25. The number of nitrogens with one attached hydrogen (secondary N) is 1. The van der Waals surface area contributed by atoms with Gasteiger partial charge in [-0.3, -0.25) is 4.79 Å². The molecular weight excluding hydrogens is 411 g/mol. The number of anilines is 1. The summed E-state index contributed by atoms with van der Waals surface area (Å²) in [6, 6.07) is 10.5. The monoisotopic (exact) mass is 434 g/mol. The first-order chi connectivity index (χ1) is 14.1. The Balaban J connectivity index is 0.00000320. The van der Waals surface area contributed by atoms with Gasteiger partial charge in [-0.15, -0.1) is 0 Å². The third kappa shape index (κ3) is 4.86. The van der Waals surface area contributed by atoms with Gasteiger partial charge in [0.25, 0.3) is 5.56 Å². The number of ether oxygens (including phenoxy) is 1. The molecule has 7 nitrogen and oxygen atoms in total. The van der Waals surface area contributed by atoms with E-state index in [1.807, 2.05) is 12.1 Å². The Hall–Kier alpha value is -2.65. The van der Waals surface area contributed by atoms with Crippen molar-refractivity contribution in [2.24, 2.45) is 0 Å². The van der Waals surface area contributed by atoms with Crippen molar-refractivity contribution in [1.82, 2.24) is 9.78 Å².